The second-order valence-corrected chi connectivity index (χ2v) is 5.65. The molecular weight excluding hydrogens is 252 g/mol. The standard InChI is InChI=1S/C16H24N2O2/c1-11-5-4-6-12(2)16(11)20-10-15(19)18-14-7-8-17-9-13(14)3/h4-6,13-14,17H,7-10H2,1-3H3,(H,18,19). The average Bonchev–Trinajstić information content (AvgIpc) is 2.41. The lowest BCUT2D eigenvalue weighted by atomic mass is 9.95. The van der Waals surface area contributed by atoms with Crippen molar-refractivity contribution in [3.05, 3.63) is 29.3 Å². The van der Waals surface area contributed by atoms with Crippen LogP contribution in [0.5, 0.6) is 5.75 Å². The van der Waals surface area contributed by atoms with Crippen LogP contribution in [0.3, 0.4) is 0 Å². The Labute approximate surface area is 120 Å². The van der Waals surface area contributed by atoms with Gasteiger partial charge in [-0.1, -0.05) is 25.1 Å². The topological polar surface area (TPSA) is 50.4 Å². The lowest BCUT2D eigenvalue weighted by molar-refractivity contribution is -0.124. The maximum absolute atomic E-state index is 12.0. The van der Waals surface area contributed by atoms with E-state index in [1.165, 1.54) is 0 Å². The number of nitrogens with one attached hydrogen (secondary N) is 2. The Morgan fingerprint density at radius 2 is 2.10 bits per heavy atom. The number of carbonyl (C=O) groups excluding carboxylic acids is 1. The van der Waals surface area contributed by atoms with E-state index in [2.05, 4.69) is 17.6 Å². The van der Waals surface area contributed by atoms with Gasteiger partial charge in [0.2, 0.25) is 0 Å². The van der Waals surface area contributed by atoms with E-state index >= 15 is 0 Å². The van der Waals surface area contributed by atoms with Crippen LogP contribution in [0, 0.1) is 19.8 Å². The summed E-state index contributed by atoms with van der Waals surface area (Å²) in [5.41, 5.74) is 2.13. The highest BCUT2D eigenvalue weighted by Gasteiger charge is 2.22. The summed E-state index contributed by atoms with van der Waals surface area (Å²) in [6, 6.07) is 6.24. The Bertz CT molecular complexity index is 453. The number of rotatable bonds is 4. The highest BCUT2D eigenvalue weighted by molar-refractivity contribution is 5.78. The van der Waals surface area contributed by atoms with E-state index in [0.717, 1.165) is 36.4 Å². The highest BCUT2D eigenvalue weighted by atomic mass is 16.5. The number of amides is 1. The molecular formula is C16H24N2O2. The summed E-state index contributed by atoms with van der Waals surface area (Å²) < 4.78 is 5.68. The molecule has 0 aliphatic carbocycles. The van der Waals surface area contributed by atoms with Crippen LogP contribution in [-0.2, 0) is 4.79 Å². The number of ether oxygens (including phenoxy) is 1. The van der Waals surface area contributed by atoms with Crippen molar-refractivity contribution >= 4 is 5.91 Å². The summed E-state index contributed by atoms with van der Waals surface area (Å²) in [5.74, 6) is 1.25. The third-order valence-corrected chi connectivity index (χ3v) is 3.89. The van der Waals surface area contributed by atoms with Gasteiger partial charge in [-0.05, 0) is 50.4 Å². The van der Waals surface area contributed by atoms with Crippen molar-refractivity contribution in [2.75, 3.05) is 19.7 Å². The molecule has 1 saturated heterocycles. The number of hydrogen-bond acceptors (Lipinski definition) is 3. The molecule has 1 aromatic rings. The molecule has 110 valence electrons. The van der Waals surface area contributed by atoms with Gasteiger partial charge in [0.05, 0.1) is 0 Å². The molecule has 1 aliphatic rings. The van der Waals surface area contributed by atoms with Gasteiger partial charge in [0, 0.05) is 6.04 Å². The predicted molar refractivity (Wildman–Crippen MR) is 80.0 cm³/mol. The van der Waals surface area contributed by atoms with Crippen LogP contribution in [0.4, 0.5) is 0 Å². The molecule has 2 N–H and O–H groups in total. The van der Waals surface area contributed by atoms with E-state index in [0.29, 0.717) is 5.92 Å². The molecule has 20 heavy (non-hydrogen) atoms. The second kappa shape index (κ2) is 6.75. The molecule has 4 heteroatoms. The van der Waals surface area contributed by atoms with Crippen LogP contribution in [0.25, 0.3) is 0 Å². The molecule has 1 fully saturated rings. The predicted octanol–water partition coefficient (Wildman–Crippen LogP) is 1.80. The third kappa shape index (κ3) is 3.73. The van der Waals surface area contributed by atoms with Crippen molar-refractivity contribution in [1.29, 1.82) is 0 Å². The van der Waals surface area contributed by atoms with Crippen molar-refractivity contribution in [3.8, 4) is 5.75 Å². The van der Waals surface area contributed by atoms with Crippen molar-refractivity contribution in [3.63, 3.8) is 0 Å². The van der Waals surface area contributed by atoms with Crippen LogP contribution >= 0.6 is 0 Å². The minimum Gasteiger partial charge on any atom is -0.483 e. The van der Waals surface area contributed by atoms with Gasteiger partial charge in [0.25, 0.3) is 5.91 Å². The van der Waals surface area contributed by atoms with Gasteiger partial charge in [0.15, 0.2) is 6.61 Å². The zero-order chi connectivity index (χ0) is 14.5. The lowest BCUT2D eigenvalue weighted by Gasteiger charge is -2.30. The van der Waals surface area contributed by atoms with Crippen molar-refractivity contribution in [2.45, 2.75) is 33.2 Å². The number of hydrogen-bond donors (Lipinski definition) is 2. The van der Waals surface area contributed by atoms with Gasteiger partial charge in [-0.15, -0.1) is 0 Å². The quantitative estimate of drug-likeness (QED) is 0.881. The highest BCUT2D eigenvalue weighted by Crippen LogP contribution is 2.22. The summed E-state index contributed by atoms with van der Waals surface area (Å²) in [5, 5.41) is 6.40. The maximum Gasteiger partial charge on any atom is 0.258 e. The number of carbonyl (C=O) groups is 1. The Morgan fingerprint density at radius 1 is 1.40 bits per heavy atom. The SMILES string of the molecule is Cc1cccc(C)c1OCC(=O)NC1CCNCC1C. The smallest absolute Gasteiger partial charge is 0.258 e. The monoisotopic (exact) mass is 276 g/mol. The maximum atomic E-state index is 12.0. The average molecular weight is 276 g/mol. The van der Waals surface area contributed by atoms with Crippen LogP contribution < -0.4 is 15.4 Å². The van der Waals surface area contributed by atoms with E-state index in [9.17, 15) is 4.79 Å². The van der Waals surface area contributed by atoms with Crippen LogP contribution in [0.15, 0.2) is 18.2 Å². The lowest BCUT2D eigenvalue weighted by Crippen LogP contribution is -2.49. The zero-order valence-electron chi connectivity index (χ0n) is 12.5. The first-order valence-corrected chi connectivity index (χ1v) is 7.27. The van der Waals surface area contributed by atoms with Gasteiger partial charge in [-0.3, -0.25) is 4.79 Å². The van der Waals surface area contributed by atoms with E-state index in [4.69, 9.17) is 4.74 Å². The number of piperidine rings is 1. The molecule has 0 saturated carbocycles. The Kier molecular flexibility index (Phi) is 5.01. The van der Waals surface area contributed by atoms with E-state index in [1.54, 1.807) is 0 Å². The summed E-state index contributed by atoms with van der Waals surface area (Å²) >= 11 is 0. The molecule has 2 unspecified atom stereocenters. The molecule has 0 spiro atoms. The third-order valence-electron chi connectivity index (χ3n) is 3.89. The number of para-hydroxylation sites is 1. The number of aryl methyl sites for hydroxylation is 2. The molecule has 4 nitrogen and oxygen atoms in total. The largest absolute Gasteiger partial charge is 0.483 e. The Balaban J connectivity index is 1.86. The molecule has 0 aromatic heterocycles. The van der Waals surface area contributed by atoms with Gasteiger partial charge in [-0.2, -0.15) is 0 Å². The van der Waals surface area contributed by atoms with E-state index in [1.807, 2.05) is 32.0 Å². The Hall–Kier alpha value is -1.55. The molecule has 1 heterocycles. The minimum absolute atomic E-state index is 0.0357. The fourth-order valence-corrected chi connectivity index (χ4v) is 2.64. The normalized spacial score (nSPS) is 22.4. The fourth-order valence-electron chi connectivity index (χ4n) is 2.64. The van der Waals surface area contributed by atoms with Crippen LogP contribution in [0.2, 0.25) is 0 Å². The second-order valence-electron chi connectivity index (χ2n) is 5.65. The molecule has 2 atom stereocenters. The van der Waals surface area contributed by atoms with E-state index in [-0.39, 0.29) is 18.6 Å². The fraction of sp³-hybridized carbons (Fsp3) is 0.562. The first-order valence-electron chi connectivity index (χ1n) is 7.27. The van der Waals surface area contributed by atoms with Crippen molar-refractivity contribution in [1.82, 2.24) is 10.6 Å². The molecule has 1 aromatic carbocycles. The molecule has 0 bridgehead atoms. The Morgan fingerprint density at radius 3 is 2.75 bits per heavy atom. The summed E-state index contributed by atoms with van der Waals surface area (Å²) in [6.45, 7) is 8.16. The van der Waals surface area contributed by atoms with Gasteiger partial charge < -0.3 is 15.4 Å². The molecule has 0 radical (unpaired) electrons. The van der Waals surface area contributed by atoms with Gasteiger partial charge in [-0.25, -0.2) is 0 Å². The summed E-state index contributed by atoms with van der Waals surface area (Å²) in [6.07, 6.45) is 0.982. The zero-order valence-corrected chi connectivity index (χ0v) is 12.5. The van der Waals surface area contributed by atoms with Crippen LogP contribution in [0.1, 0.15) is 24.5 Å². The van der Waals surface area contributed by atoms with Gasteiger partial charge in [0.1, 0.15) is 5.75 Å². The van der Waals surface area contributed by atoms with Gasteiger partial charge >= 0.3 is 0 Å². The minimum atomic E-state index is -0.0357. The first-order chi connectivity index (χ1) is 9.58. The van der Waals surface area contributed by atoms with E-state index < -0.39 is 0 Å². The summed E-state index contributed by atoms with van der Waals surface area (Å²) in [4.78, 5) is 12.0. The summed E-state index contributed by atoms with van der Waals surface area (Å²) in [7, 11) is 0. The van der Waals surface area contributed by atoms with Crippen molar-refractivity contribution in [2.24, 2.45) is 5.92 Å². The van der Waals surface area contributed by atoms with Crippen molar-refractivity contribution < 1.29 is 9.53 Å². The van der Waals surface area contributed by atoms with Crippen LogP contribution in [-0.4, -0.2) is 31.6 Å². The number of benzene rings is 1. The molecule has 1 aliphatic heterocycles. The molecule has 2 rings (SSSR count). The first kappa shape index (κ1) is 14.9. The molecule has 1 amide bonds.